The maximum absolute atomic E-state index is 9.64. The highest BCUT2D eigenvalue weighted by Gasteiger charge is 2.24. The molecule has 1 heterocycles. The van der Waals surface area contributed by atoms with Crippen LogP contribution in [-0.2, 0) is 0 Å². The Kier molecular flexibility index (Phi) is 4.55. The third kappa shape index (κ3) is 3.72. The SMILES string of the molecule is CSc1nc(NN)cc(NC(C)(C)C(C)O)n1. The summed E-state index contributed by atoms with van der Waals surface area (Å²) < 4.78 is 0. The average molecular weight is 257 g/mol. The molecule has 0 saturated heterocycles. The predicted octanol–water partition coefficient (Wildman–Crippen LogP) is 1.06. The van der Waals surface area contributed by atoms with Crippen LogP contribution in [0.2, 0.25) is 0 Å². The van der Waals surface area contributed by atoms with Crippen LogP contribution in [0.15, 0.2) is 11.2 Å². The number of nitrogen functional groups attached to an aromatic ring is 1. The van der Waals surface area contributed by atoms with Crippen LogP contribution in [0.1, 0.15) is 20.8 Å². The highest BCUT2D eigenvalue weighted by atomic mass is 32.2. The molecular weight excluding hydrogens is 238 g/mol. The second-order valence-electron chi connectivity index (χ2n) is 4.29. The normalized spacial score (nSPS) is 13.3. The molecule has 1 aromatic heterocycles. The van der Waals surface area contributed by atoms with Crippen LogP contribution in [0.4, 0.5) is 11.6 Å². The molecule has 96 valence electrons. The number of hydrogen-bond acceptors (Lipinski definition) is 7. The molecule has 0 aliphatic rings. The Labute approximate surface area is 105 Å². The van der Waals surface area contributed by atoms with E-state index < -0.39 is 11.6 Å². The summed E-state index contributed by atoms with van der Waals surface area (Å²) in [5, 5.41) is 13.4. The molecule has 0 radical (unpaired) electrons. The number of anilines is 2. The first-order chi connectivity index (χ1) is 7.89. The first kappa shape index (κ1) is 14.0. The van der Waals surface area contributed by atoms with Crippen molar-refractivity contribution in [1.29, 1.82) is 0 Å². The van der Waals surface area contributed by atoms with Gasteiger partial charge in [-0.1, -0.05) is 11.8 Å². The molecule has 1 unspecified atom stereocenters. The maximum atomic E-state index is 9.64. The molecule has 0 aromatic carbocycles. The lowest BCUT2D eigenvalue weighted by molar-refractivity contribution is 0.133. The van der Waals surface area contributed by atoms with Gasteiger partial charge in [0.15, 0.2) is 5.16 Å². The summed E-state index contributed by atoms with van der Waals surface area (Å²) in [5.74, 6) is 6.50. The van der Waals surface area contributed by atoms with Crippen LogP contribution in [-0.4, -0.2) is 33.0 Å². The van der Waals surface area contributed by atoms with Crippen LogP contribution in [0.25, 0.3) is 0 Å². The molecule has 0 amide bonds. The number of nitrogens with zero attached hydrogens (tertiary/aromatic N) is 2. The molecule has 1 atom stereocenters. The standard InChI is InChI=1S/C10H19N5OS/c1-6(16)10(2,3)14-7-5-8(15-11)13-9(12-7)17-4/h5-6,16H,11H2,1-4H3,(H2,12,13,14,15). The highest BCUT2D eigenvalue weighted by molar-refractivity contribution is 7.98. The van der Waals surface area contributed by atoms with Gasteiger partial charge in [0.1, 0.15) is 11.6 Å². The van der Waals surface area contributed by atoms with Crippen molar-refractivity contribution in [2.45, 2.75) is 37.6 Å². The Hall–Kier alpha value is -1.05. The Morgan fingerprint density at radius 1 is 1.41 bits per heavy atom. The lowest BCUT2D eigenvalue weighted by Gasteiger charge is -2.30. The van der Waals surface area contributed by atoms with Gasteiger partial charge in [-0.15, -0.1) is 0 Å². The minimum absolute atomic E-state index is 0.476. The number of hydrogen-bond donors (Lipinski definition) is 4. The van der Waals surface area contributed by atoms with E-state index in [4.69, 9.17) is 5.84 Å². The fourth-order valence-electron chi connectivity index (χ4n) is 1.09. The largest absolute Gasteiger partial charge is 0.391 e. The first-order valence-electron chi connectivity index (χ1n) is 5.25. The minimum atomic E-state index is -0.510. The van der Waals surface area contributed by atoms with Gasteiger partial charge >= 0.3 is 0 Å². The van der Waals surface area contributed by atoms with E-state index in [0.29, 0.717) is 16.8 Å². The number of rotatable bonds is 5. The minimum Gasteiger partial charge on any atom is -0.391 e. The van der Waals surface area contributed by atoms with Crippen LogP contribution in [0.3, 0.4) is 0 Å². The van der Waals surface area contributed by atoms with E-state index in [1.165, 1.54) is 11.8 Å². The van der Waals surface area contributed by atoms with Crippen LogP contribution in [0.5, 0.6) is 0 Å². The van der Waals surface area contributed by atoms with Crippen molar-refractivity contribution in [1.82, 2.24) is 9.97 Å². The smallest absolute Gasteiger partial charge is 0.191 e. The molecule has 6 nitrogen and oxygen atoms in total. The van der Waals surface area contributed by atoms with Crippen molar-refractivity contribution >= 4 is 23.4 Å². The number of hydrazine groups is 1. The Morgan fingerprint density at radius 2 is 2.00 bits per heavy atom. The molecule has 0 spiro atoms. The van der Waals surface area contributed by atoms with Crippen molar-refractivity contribution in [3.63, 3.8) is 0 Å². The number of aromatic nitrogens is 2. The summed E-state index contributed by atoms with van der Waals surface area (Å²) in [6, 6.07) is 1.70. The van der Waals surface area contributed by atoms with Crippen molar-refractivity contribution in [2.75, 3.05) is 17.0 Å². The monoisotopic (exact) mass is 257 g/mol. The molecule has 17 heavy (non-hydrogen) atoms. The van der Waals surface area contributed by atoms with Crippen molar-refractivity contribution < 1.29 is 5.11 Å². The molecule has 1 aromatic rings. The molecule has 1 rings (SSSR count). The van der Waals surface area contributed by atoms with Gasteiger partial charge in [0.05, 0.1) is 11.6 Å². The van der Waals surface area contributed by atoms with Gasteiger partial charge in [-0.25, -0.2) is 15.8 Å². The molecule has 0 bridgehead atoms. The first-order valence-corrected chi connectivity index (χ1v) is 6.47. The van der Waals surface area contributed by atoms with Crippen molar-refractivity contribution in [3.8, 4) is 0 Å². The molecular formula is C10H19N5OS. The zero-order chi connectivity index (χ0) is 13.1. The molecule has 0 aliphatic heterocycles. The van der Waals surface area contributed by atoms with E-state index in [-0.39, 0.29) is 0 Å². The Bertz CT molecular complexity index is 361. The van der Waals surface area contributed by atoms with Gasteiger partial charge in [-0.2, -0.15) is 0 Å². The summed E-state index contributed by atoms with van der Waals surface area (Å²) >= 11 is 1.43. The fraction of sp³-hybridized carbons (Fsp3) is 0.600. The van der Waals surface area contributed by atoms with E-state index in [9.17, 15) is 5.11 Å². The lowest BCUT2D eigenvalue weighted by atomic mass is 9.99. The van der Waals surface area contributed by atoms with Crippen LogP contribution < -0.4 is 16.6 Å². The summed E-state index contributed by atoms with van der Waals surface area (Å²) in [6.07, 6.45) is 1.38. The quantitative estimate of drug-likeness (QED) is 0.271. The van der Waals surface area contributed by atoms with Gasteiger partial charge in [0, 0.05) is 6.07 Å². The van der Waals surface area contributed by atoms with Gasteiger partial charge in [-0.05, 0) is 27.0 Å². The van der Waals surface area contributed by atoms with E-state index >= 15 is 0 Å². The molecule has 7 heteroatoms. The molecule has 0 saturated carbocycles. The number of aliphatic hydroxyl groups excluding tert-OH is 1. The highest BCUT2D eigenvalue weighted by Crippen LogP contribution is 2.21. The molecule has 0 aliphatic carbocycles. The second-order valence-corrected chi connectivity index (χ2v) is 5.07. The summed E-state index contributed by atoms with van der Waals surface area (Å²) in [5.41, 5.74) is 2.01. The number of aliphatic hydroxyl groups is 1. The van der Waals surface area contributed by atoms with Crippen LogP contribution in [0, 0.1) is 0 Å². The summed E-state index contributed by atoms with van der Waals surface area (Å²) in [6.45, 7) is 5.52. The predicted molar refractivity (Wildman–Crippen MR) is 71.0 cm³/mol. The Morgan fingerprint density at radius 3 is 2.47 bits per heavy atom. The zero-order valence-corrected chi connectivity index (χ0v) is 11.3. The van der Waals surface area contributed by atoms with Crippen LogP contribution >= 0.6 is 11.8 Å². The molecule has 0 fully saturated rings. The van der Waals surface area contributed by atoms with Gasteiger partial charge in [-0.3, -0.25) is 0 Å². The van der Waals surface area contributed by atoms with E-state index in [2.05, 4.69) is 20.7 Å². The number of thioether (sulfide) groups is 1. The third-order valence-electron chi connectivity index (χ3n) is 2.53. The summed E-state index contributed by atoms with van der Waals surface area (Å²) in [4.78, 5) is 8.46. The van der Waals surface area contributed by atoms with Gasteiger partial charge < -0.3 is 15.8 Å². The summed E-state index contributed by atoms with van der Waals surface area (Å²) in [7, 11) is 0. The van der Waals surface area contributed by atoms with E-state index in [0.717, 1.165) is 0 Å². The van der Waals surface area contributed by atoms with E-state index in [1.807, 2.05) is 20.1 Å². The van der Waals surface area contributed by atoms with Crippen molar-refractivity contribution in [3.05, 3.63) is 6.07 Å². The second kappa shape index (κ2) is 5.52. The average Bonchev–Trinajstić information content (AvgIpc) is 2.27. The van der Waals surface area contributed by atoms with Crippen molar-refractivity contribution in [2.24, 2.45) is 5.84 Å². The lowest BCUT2D eigenvalue weighted by Crippen LogP contribution is -2.42. The van der Waals surface area contributed by atoms with E-state index in [1.54, 1.807) is 13.0 Å². The fourth-order valence-corrected chi connectivity index (χ4v) is 1.47. The zero-order valence-electron chi connectivity index (χ0n) is 10.5. The third-order valence-corrected chi connectivity index (χ3v) is 3.08. The maximum Gasteiger partial charge on any atom is 0.191 e. The Balaban J connectivity index is 2.98. The number of nitrogens with one attached hydrogen (secondary N) is 2. The number of nitrogens with two attached hydrogens (primary N) is 1. The molecule has 5 N–H and O–H groups in total. The topological polar surface area (TPSA) is 96.1 Å². The van der Waals surface area contributed by atoms with Gasteiger partial charge in [0.2, 0.25) is 0 Å². The van der Waals surface area contributed by atoms with Gasteiger partial charge in [0.25, 0.3) is 0 Å².